The molecule has 2 aliphatic rings. The Labute approximate surface area is 232 Å². The summed E-state index contributed by atoms with van der Waals surface area (Å²) in [7, 11) is 0. The van der Waals surface area contributed by atoms with Gasteiger partial charge in [0.15, 0.2) is 0 Å². The van der Waals surface area contributed by atoms with Crippen molar-refractivity contribution < 1.29 is 9.18 Å². The molecule has 2 aromatic rings. The van der Waals surface area contributed by atoms with Crippen molar-refractivity contribution in [3.8, 4) is 6.07 Å². The van der Waals surface area contributed by atoms with Crippen LogP contribution in [-0.2, 0) is 11.3 Å². The number of anilines is 2. The van der Waals surface area contributed by atoms with Crippen molar-refractivity contribution >= 4 is 51.8 Å². The van der Waals surface area contributed by atoms with E-state index in [1.54, 1.807) is 34.6 Å². The molecule has 0 aliphatic carbocycles. The molecule has 2 saturated heterocycles. The summed E-state index contributed by atoms with van der Waals surface area (Å²) in [5.41, 5.74) is 1.53. The Morgan fingerprint density at radius 2 is 1.82 bits per heavy atom. The lowest BCUT2D eigenvalue weighted by Gasteiger charge is -2.39. The molecule has 200 valence electrons. The van der Waals surface area contributed by atoms with Crippen molar-refractivity contribution in [3.05, 3.63) is 62.0 Å². The van der Waals surface area contributed by atoms with Crippen molar-refractivity contribution in [2.24, 2.45) is 0 Å². The molecule has 7 nitrogen and oxygen atoms in total. The number of pyridine rings is 1. The van der Waals surface area contributed by atoms with E-state index in [0.29, 0.717) is 71.0 Å². The van der Waals surface area contributed by atoms with Gasteiger partial charge in [0.25, 0.3) is 11.5 Å². The van der Waals surface area contributed by atoms with Crippen molar-refractivity contribution in [1.82, 2.24) is 9.47 Å². The first-order valence-electron chi connectivity index (χ1n) is 12.9. The summed E-state index contributed by atoms with van der Waals surface area (Å²) >= 11 is 6.77. The van der Waals surface area contributed by atoms with E-state index in [9.17, 15) is 19.2 Å². The normalized spacial score (nSPS) is 17.9. The van der Waals surface area contributed by atoms with Gasteiger partial charge in [-0.05, 0) is 50.5 Å². The molecule has 0 N–H and O–H groups in total. The largest absolute Gasteiger partial charge is 0.366 e. The number of hydrogen-bond acceptors (Lipinski definition) is 7. The smallest absolute Gasteiger partial charge is 0.270 e. The van der Waals surface area contributed by atoms with Crippen LogP contribution in [0.1, 0.15) is 50.3 Å². The first-order chi connectivity index (χ1) is 18.2. The Morgan fingerprint density at radius 1 is 1.16 bits per heavy atom. The van der Waals surface area contributed by atoms with Crippen molar-refractivity contribution in [1.29, 1.82) is 5.26 Å². The van der Waals surface area contributed by atoms with Gasteiger partial charge in [-0.25, -0.2) is 4.39 Å². The summed E-state index contributed by atoms with van der Waals surface area (Å²) in [6.45, 7) is 10.4. The fourth-order valence-electron chi connectivity index (χ4n) is 4.96. The van der Waals surface area contributed by atoms with Crippen LogP contribution in [0, 0.1) is 24.1 Å². The lowest BCUT2D eigenvalue weighted by molar-refractivity contribution is -0.123. The van der Waals surface area contributed by atoms with Gasteiger partial charge in [0.05, 0.1) is 10.6 Å². The highest BCUT2D eigenvalue weighted by atomic mass is 32.2. The maximum Gasteiger partial charge on any atom is 0.270 e. The van der Waals surface area contributed by atoms with Gasteiger partial charge in [-0.2, -0.15) is 5.26 Å². The zero-order chi connectivity index (χ0) is 27.6. The van der Waals surface area contributed by atoms with Crippen LogP contribution in [0.2, 0.25) is 0 Å². The third-order valence-electron chi connectivity index (χ3n) is 7.20. The van der Waals surface area contributed by atoms with Gasteiger partial charge in [-0.15, -0.1) is 0 Å². The number of para-hydroxylation sites is 1. The summed E-state index contributed by atoms with van der Waals surface area (Å²) in [5, 5.41) is 9.87. The second-order valence-electron chi connectivity index (χ2n) is 9.54. The van der Waals surface area contributed by atoms with E-state index in [1.807, 2.05) is 31.7 Å². The van der Waals surface area contributed by atoms with Gasteiger partial charge in [0.1, 0.15) is 27.6 Å². The van der Waals surface area contributed by atoms with Crippen molar-refractivity contribution in [2.45, 2.75) is 53.1 Å². The molecule has 0 saturated carbocycles. The zero-order valence-electron chi connectivity index (χ0n) is 22.2. The van der Waals surface area contributed by atoms with Crippen LogP contribution >= 0.6 is 24.0 Å². The van der Waals surface area contributed by atoms with E-state index < -0.39 is 0 Å². The van der Waals surface area contributed by atoms with E-state index in [-0.39, 0.29) is 28.9 Å². The Balaban J connectivity index is 1.80. The number of nitrogens with zero attached hydrogens (tertiary/aromatic N) is 5. The molecule has 1 unspecified atom stereocenters. The topological polar surface area (TPSA) is 72.6 Å². The summed E-state index contributed by atoms with van der Waals surface area (Å²) in [4.78, 5) is 33.0. The fraction of sp³-hybridized carbons (Fsp3) is 0.429. The minimum Gasteiger partial charge on any atom is -0.366 e. The van der Waals surface area contributed by atoms with Crippen LogP contribution in [-0.4, -0.2) is 51.9 Å². The Bertz CT molecular complexity index is 1390. The van der Waals surface area contributed by atoms with Gasteiger partial charge in [-0.3, -0.25) is 19.1 Å². The number of thioether (sulfide) groups is 1. The molecule has 1 aromatic carbocycles. The van der Waals surface area contributed by atoms with Gasteiger partial charge in [-0.1, -0.05) is 50.0 Å². The van der Waals surface area contributed by atoms with E-state index in [1.165, 1.54) is 17.8 Å². The lowest BCUT2D eigenvalue weighted by Crippen LogP contribution is -2.49. The number of thiocarbonyl (C=S) groups is 1. The Morgan fingerprint density at radius 3 is 2.42 bits per heavy atom. The van der Waals surface area contributed by atoms with Gasteiger partial charge in [0, 0.05) is 44.3 Å². The minimum atomic E-state index is -0.331. The Hall–Kier alpha value is -3.16. The van der Waals surface area contributed by atoms with Crippen molar-refractivity contribution in [3.63, 3.8) is 0 Å². The van der Waals surface area contributed by atoms with E-state index >= 15 is 0 Å². The monoisotopic (exact) mass is 553 g/mol. The predicted octanol–water partition coefficient (Wildman–Crippen LogP) is 4.90. The average Bonchev–Trinajstić information content (AvgIpc) is 3.19. The van der Waals surface area contributed by atoms with Crippen molar-refractivity contribution in [2.75, 3.05) is 36.0 Å². The molecule has 2 fully saturated rings. The lowest BCUT2D eigenvalue weighted by atomic mass is 10.0. The van der Waals surface area contributed by atoms with E-state index in [2.05, 4.69) is 11.0 Å². The fourth-order valence-corrected chi connectivity index (χ4v) is 6.40. The number of amides is 1. The van der Waals surface area contributed by atoms with Gasteiger partial charge < -0.3 is 9.80 Å². The van der Waals surface area contributed by atoms with Crippen LogP contribution < -0.4 is 15.4 Å². The summed E-state index contributed by atoms with van der Waals surface area (Å²) in [5.74, 6) is 0.272. The number of aromatic nitrogens is 1. The standard InChI is InChI=1S/C28H32FN5O2S2/c1-5-11-33-25(32-14-12-31(13-15-32)23-10-8-7-9-22(23)29)20(19(4)21(17-30)26(33)35)16-24-27(36)34(18(3)6-2)28(37)38-24/h7-10,16,18H,5-6,11-15H2,1-4H3/b24-16-. The first-order valence-corrected chi connectivity index (χ1v) is 14.1. The highest BCUT2D eigenvalue weighted by Crippen LogP contribution is 2.37. The van der Waals surface area contributed by atoms with Crippen LogP contribution in [0.5, 0.6) is 0 Å². The number of benzene rings is 1. The molecule has 4 rings (SSSR count). The maximum atomic E-state index is 14.4. The molecular formula is C28H32FN5O2S2. The predicted molar refractivity (Wildman–Crippen MR) is 156 cm³/mol. The van der Waals surface area contributed by atoms with Crippen LogP contribution in [0.3, 0.4) is 0 Å². The SMILES string of the molecule is CCCn1c(N2CCN(c3ccccc3F)CC2)c(/C=C2\SC(=S)N(C(C)CC)C2=O)c(C)c(C#N)c1=O. The van der Waals surface area contributed by atoms with Gasteiger partial charge in [0.2, 0.25) is 0 Å². The molecule has 0 radical (unpaired) electrons. The molecule has 3 heterocycles. The Kier molecular flexibility index (Phi) is 8.58. The highest BCUT2D eigenvalue weighted by Gasteiger charge is 2.36. The second-order valence-corrected chi connectivity index (χ2v) is 11.2. The van der Waals surface area contributed by atoms with Crippen LogP contribution in [0.4, 0.5) is 15.9 Å². The molecule has 0 bridgehead atoms. The maximum absolute atomic E-state index is 14.4. The zero-order valence-corrected chi connectivity index (χ0v) is 23.8. The minimum absolute atomic E-state index is 0.0239. The molecular weight excluding hydrogens is 521 g/mol. The molecule has 1 amide bonds. The summed E-state index contributed by atoms with van der Waals surface area (Å²) < 4.78 is 16.6. The third-order valence-corrected chi connectivity index (χ3v) is 8.53. The highest BCUT2D eigenvalue weighted by molar-refractivity contribution is 8.26. The number of halogens is 1. The van der Waals surface area contributed by atoms with Gasteiger partial charge >= 0.3 is 0 Å². The molecule has 38 heavy (non-hydrogen) atoms. The number of nitriles is 1. The first kappa shape index (κ1) is 27.9. The van der Waals surface area contributed by atoms with Crippen LogP contribution in [0.25, 0.3) is 6.08 Å². The van der Waals surface area contributed by atoms with E-state index in [0.717, 1.165) is 6.42 Å². The number of carbonyl (C=O) groups is 1. The second kappa shape index (κ2) is 11.7. The molecule has 10 heteroatoms. The van der Waals surface area contributed by atoms with E-state index in [4.69, 9.17) is 12.2 Å². The number of rotatable bonds is 7. The molecule has 1 aromatic heterocycles. The molecule has 2 aliphatic heterocycles. The number of carbonyl (C=O) groups excluding carboxylic acids is 1. The molecule has 0 spiro atoms. The van der Waals surface area contributed by atoms with Crippen LogP contribution in [0.15, 0.2) is 34.0 Å². The average molecular weight is 554 g/mol. The summed E-state index contributed by atoms with van der Waals surface area (Å²) in [6.07, 6.45) is 3.27. The quantitative estimate of drug-likeness (QED) is 0.357. The molecule has 1 atom stereocenters. The number of hydrogen-bond donors (Lipinski definition) is 0. The third kappa shape index (κ3) is 5.09. The summed E-state index contributed by atoms with van der Waals surface area (Å²) in [6, 6.07) is 8.79. The number of piperazine rings is 1.